The van der Waals surface area contributed by atoms with Gasteiger partial charge in [-0.1, -0.05) is 30.3 Å². The number of aryl methyl sites for hydroxylation is 1. The molecule has 2 saturated heterocycles. The normalized spacial score (nSPS) is 20.1. The van der Waals surface area contributed by atoms with Crippen LogP contribution in [0.25, 0.3) is 11.1 Å². The van der Waals surface area contributed by atoms with Crippen molar-refractivity contribution in [3.8, 4) is 11.1 Å². The molecule has 0 aliphatic carbocycles. The van der Waals surface area contributed by atoms with Gasteiger partial charge in [-0.25, -0.2) is 0 Å². The van der Waals surface area contributed by atoms with Crippen LogP contribution >= 0.6 is 11.3 Å². The molecular weight excluding hydrogens is 360 g/mol. The van der Waals surface area contributed by atoms with Crippen molar-refractivity contribution in [1.29, 1.82) is 0 Å². The van der Waals surface area contributed by atoms with Gasteiger partial charge in [0.05, 0.1) is 5.56 Å². The van der Waals surface area contributed by atoms with Crippen LogP contribution in [0.1, 0.15) is 28.1 Å². The summed E-state index contributed by atoms with van der Waals surface area (Å²) in [6, 6.07) is 10.1. The summed E-state index contributed by atoms with van der Waals surface area (Å²) in [5.41, 5.74) is 2.87. The number of rotatable bonds is 3. The third-order valence-corrected chi connectivity index (χ3v) is 6.26. The standard InChI is InChI=1S/C21H24N2O3S/c1-15-19(16-6-3-2-4-7-16)17(14-27-15)20(24)22-9-11-23(12-10-22)21(25)18-8-5-13-26-18/h2-4,6-7,14,18H,5,8-13H2,1H3. The summed E-state index contributed by atoms with van der Waals surface area (Å²) in [7, 11) is 0. The summed E-state index contributed by atoms with van der Waals surface area (Å²) in [5, 5.41) is 1.96. The number of hydrogen-bond donors (Lipinski definition) is 0. The maximum Gasteiger partial charge on any atom is 0.255 e. The fourth-order valence-electron chi connectivity index (χ4n) is 3.85. The molecule has 2 aliphatic rings. The predicted molar refractivity (Wildman–Crippen MR) is 106 cm³/mol. The fraction of sp³-hybridized carbons (Fsp3) is 0.429. The topological polar surface area (TPSA) is 49.9 Å². The average Bonchev–Trinajstić information content (AvgIpc) is 3.37. The summed E-state index contributed by atoms with van der Waals surface area (Å²) in [5.74, 6) is 0.137. The minimum absolute atomic E-state index is 0.0578. The molecule has 0 spiro atoms. The van der Waals surface area contributed by atoms with Gasteiger partial charge in [-0.15, -0.1) is 11.3 Å². The number of nitrogens with zero attached hydrogens (tertiary/aromatic N) is 2. The van der Waals surface area contributed by atoms with Gasteiger partial charge in [-0.2, -0.15) is 0 Å². The van der Waals surface area contributed by atoms with Crippen molar-refractivity contribution in [3.63, 3.8) is 0 Å². The number of benzene rings is 1. The van der Waals surface area contributed by atoms with E-state index in [2.05, 4.69) is 6.92 Å². The van der Waals surface area contributed by atoms with Crippen molar-refractivity contribution in [3.05, 3.63) is 46.2 Å². The molecule has 2 amide bonds. The van der Waals surface area contributed by atoms with Gasteiger partial charge in [0, 0.05) is 48.6 Å². The largest absolute Gasteiger partial charge is 0.368 e. The predicted octanol–water partition coefficient (Wildman–Crippen LogP) is 3.19. The Kier molecular flexibility index (Phi) is 5.27. The van der Waals surface area contributed by atoms with Crippen LogP contribution in [0.5, 0.6) is 0 Å². The number of piperazine rings is 1. The highest BCUT2D eigenvalue weighted by Crippen LogP contribution is 2.33. The molecule has 6 heteroatoms. The van der Waals surface area contributed by atoms with E-state index in [1.54, 1.807) is 11.3 Å². The van der Waals surface area contributed by atoms with Gasteiger partial charge >= 0.3 is 0 Å². The second-order valence-electron chi connectivity index (χ2n) is 7.07. The first-order valence-electron chi connectivity index (χ1n) is 9.48. The molecule has 2 aliphatic heterocycles. The lowest BCUT2D eigenvalue weighted by molar-refractivity contribution is -0.142. The Morgan fingerprint density at radius 1 is 1.07 bits per heavy atom. The third kappa shape index (κ3) is 3.64. The van der Waals surface area contributed by atoms with E-state index in [1.165, 1.54) is 0 Å². The molecule has 1 atom stereocenters. The zero-order valence-corrected chi connectivity index (χ0v) is 16.3. The Balaban J connectivity index is 1.45. The first-order chi connectivity index (χ1) is 13.1. The van der Waals surface area contributed by atoms with Gasteiger partial charge in [0.1, 0.15) is 6.10 Å². The second-order valence-corrected chi connectivity index (χ2v) is 8.15. The van der Waals surface area contributed by atoms with E-state index in [0.717, 1.165) is 34.4 Å². The van der Waals surface area contributed by atoms with Crippen LogP contribution in [0.3, 0.4) is 0 Å². The molecular formula is C21H24N2O3S. The van der Waals surface area contributed by atoms with Crippen molar-refractivity contribution in [2.75, 3.05) is 32.8 Å². The Hall–Kier alpha value is -2.18. The van der Waals surface area contributed by atoms with E-state index in [4.69, 9.17) is 4.74 Å². The van der Waals surface area contributed by atoms with Gasteiger partial charge in [-0.3, -0.25) is 9.59 Å². The Morgan fingerprint density at radius 3 is 2.44 bits per heavy atom. The molecule has 0 bridgehead atoms. The van der Waals surface area contributed by atoms with E-state index in [0.29, 0.717) is 32.8 Å². The zero-order chi connectivity index (χ0) is 18.8. The molecule has 5 nitrogen and oxygen atoms in total. The van der Waals surface area contributed by atoms with Crippen LogP contribution < -0.4 is 0 Å². The fourth-order valence-corrected chi connectivity index (χ4v) is 4.71. The van der Waals surface area contributed by atoms with E-state index < -0.39 is 0 Å². The average molecular weight is 385 g/mol. The summed E-state index contributed by atoms with van der Waals surface area (Å²) < 4.78 is 5.51. The smallest absolute Gasteiger partial charge is 0.255 e. The third-order valence-electron chi connectivity index (χ3n) is 5.35. The van der Waals surface area contributed by atoms with E-state index >= 15 is 0 Å². The van der Waals surface area contributed by atoms with Gasteiger partial charge in [0.15, 0.2) is 0 Å². The van der Waals surface area contributed by atoms with Crippen LogP contribution in [0.4, 0.5) is 0 Å². The van der Waals surface area contributed by atoms with E-state index in [1.807, 2.05) is 45.5 Å². The zero-order valence-electron chi connectivity index (χ0n) is 15.5. The number of thiophene rings is 1. The molecule has 0 N–H and O–H groups in total. The van der Waals surface area contributed by atoms with E-state index in [-0.39, 0.29) is 17.9 Å². The highest BCUT2D eigenvalue weighted by molar-refractivity contribution is 7.10. The quantitative estimate of drug-likeness (QED) is 0.817. The molecule has 2 fully saturated rings. The summed E-state index contributed by atoms with van der Waals surface area (Å²) in [4.78, 5) is 30.5. The molecule has 27 heavy (non-hydrogen) atoms. The lowest BCUT2D eigenvalue weighted by Gasteiger charge is -2.35. The first-order valence-corrected chi connectivity index (χ1v) is 10.4. The van der Waals surface area contributed by atoms with Gasteiger partial charge in [-0.05, 0) is 25.3 Å². The molecule has 4 rings (SSSR count). The number of amides is 2. The van der Waals surface area contributed by atoms with Crippen molar-refractivity contribution in [2.24, 2.45) is 0 Å². The van der Waals surface area contributed by atoms with Crippen LogP contribution in [0, 0.1) is 6.92 Å². The minimum Gasteiger partial charge on any atom is -0.368 e. The van der Waals surface area contributed by atoms with Crippen LogP contribution in [-0.4, -0.2) is 60.5 Å². The maximum absolute atomic E-state index is 13.1. The molecule has 2 aromatic rings. The lowest BCUT2D eigenvalue weighted by Crippen LogP contribution is -2.52. The van der Waals surface area contributed by atoms with Crippen LogP contribution in [0.2, 0.25) is 0 Å². The Bertz CT molecular complexity index is 819. The Labute approximate surface area is 163 Å². The van der Waals surface area contributed by atoms with Crippen molar-refractivity contribution < 1.29 is 14.3 Å². The monoisotopic (exact) mass is 384 g/mol. The first kappa shape index (κ1) is 18.2. The van der Waals surface area contributed by atoms with Crippen molar-refractivity contribution >= 4 is 23.2 Å². The minimum atomic E-state index is -0.281. The molecule has 0 saturated carbocycles. The van der Waals surface area contributed by atoms with Gasteiger partial charge in [0.25, 0.3) is 11.8 Å². The van der Waals surface area contributed by atoms with Gasteiger partial charge in [0.2, 0.25) is 0 Å². The summed E-state index contributed by atoms with van der Waals surface area (Å²) in [6.07, 6.45) is 1.48. The Morgan fingerprint density at radius 2 is 1.78 bits per heavy atom. The molecule has 0 radical (unpaired) electrons. The highest BCUT2D eigenvalue weighted by atomic mass is 32.1. The number of carbonyl (C=O) groups is 2. The molecule has 3 heterocycles. The number of hydrogen-bond acceptors (Lipinski definition) is 4. The van der Waals surface area contributed by atoms with Crippen LogP contribution in [-0.2, 0) is 9.53 Å². The molecule has 1 aromatic heterocycles. The second kappa shape index (κ2) is 7.82. The van der Waals surface area contributed by atoms with Crippen molar-refractivity contribution in [2.45, 2.75) is 25.9 Å². The number of ether oxygens (including phenoxy) is 1. The molecule has 142 valence electrons. The van der Waals surface area contributed by atoms with Gasteiger partial charge < -0.3 is 14.5 Å². The van der Waals surface area contributed by atoms with Crippen LogP contribution in [0.15, 0.2) is 35.7 Å². The number of carbonyl (C=O) groups excluding carboxylic acids is 2. The van der Waals surface area contributed by atoms with Crippen molar-refractivity contribution in [1.82, 2.24) is 9.80 Å². The SMILES string of the molecule is Cc1scc(C(=O)N2CCN(C(=O)C3CCCO3)CC2)c1-c1ccccc1. The summed E-state index contributed by atoms with van der Waals surface area (Å²) in [6.45, 7) is 5.03. The maximum atomic E-state index is 13.1. The molecule has 1 unspecified atom stereocenters. The molecule has 1 aromatic carbocycles. The lowest BCUT2D eigenvalue weighted by atomic mass is 10.0. The summed E-state index contributed by atoms with van der Waals surface area (Å²) >= 11 is 1.61. The van der Waals surface area contributed by atoms with E-state index in [9.17, 15) is 9.59 Å². The highest BCUT2D eigenvalue weighted by Gasteiger charge is 2.32.